The van der Waals surface area contributed by atoms with E-state index in [4.69, 9.17) is 4.52 Å². The molecule has 0 aliphatic carbocycles. The lowest BCUT2D eigenvalue weighted by atomic mass is 10.00. The van der Waals surface area contributed by atoms with Crippen molar-refractivity contribution < 1.29 is 4.52 Å². The molecule has 0 spiro atoms. The molecule has 3 heteroatoms. The minimum atomic E-state index is 0.671. The number of hydrogen-bond acceptors (Lipinski definition) is 3. The molecule has 2 aromatic carbocycles. The Balaban J connectivity index is 1.54. The van der Waals surface area contributed by atoms with E-state index in [1.807, 2.05) is 0 Å². The first kappa shape index (κ1) is 20.3. The van der Waals surface area contributed by atoms with Crippen molar-refractivity contribution in [1.29, 1.82) is 0 Å². The quantitative estimate of drug-likeness (QED) is 0.331. The molecule has 0 bridgehead atoms. The zero-order valence-electron chi connectivity index (χ0n) is 17.3. The summed E-state index contributed by atoms with van der Waals surface area (Å²) in [4.78, 5) is 4.46. The summed E-state index contributed by atoms with van der Waals surface area (Å²) in [7, 11) is 0. The summed E-state index contributed by atoms with van der Waals surface area (Å²) in [6.45, 7) is 4.38. The van der Waals surface area contributed by atoms with Crippen molar-refractivity contribution in [3.8, 4) is 22.5 Å². The van der Waals surface area contributed by atoms with E-state index < -0.39 is 0 Å². The molecule has 1 heterocycles. The van der Waals surface area contributed by atoms with Crippen molar-refractivity contribution in [2.24, 2.45) is 0 Å². The smallest absolute Gasteiger partial charge is 0.226 e. The fourth-order valence-corrected chi connectivity index (χ4v) is 3.47. The number of hydrogen-bond donors (Lipinski definition) is 0. The van der Waals surface area contributed by atoms with Gasteiger partial charge in [0, 0.05) is 12.0 Å². The second kappa shape index (κ2) is 10.8. The average Bonchev–Trinajstić information content (AvgIpc) is 3.20. The number of aromatic nitrogens is 2. The maximum absolute atomic E-state index is 5.29. The van der Waals surface area contributed by atoms with E-state index in [-0.39, 0.29) is 0 Å². The Bertz CT molecular complexity index is 819. The van der Waals surface area contributed by atoms with Crippen LogP contribution in [0.25, 0.3) is 22.5 Å². The molecule has 3 aromatic rings. The van der Waals surface area contributed by atoms with Gasteiger partial charge in [0.25, 0.3) is 0 Å². The first-order chi connectivity index (χ1) is 13.8. The Morgan fingerprint density at radius 2 is 1.25 bits per heavy atom. The highest BCUT2D eigenvalue weighted by molar-refractivity contribution is 5.67. The van der Waals surface area contributed by atoms with E-state index >= 15 is 0 Å². The largest absolute Gasteiger partial charge is 0.339 e. The number of benzene rings is 2. The third-order valence-corrected chi connectivity index (χ3v) is 5.18. The average molecular weight is 377 g/mol. The molecule has 0 aliphatic rings. The second-order valence-electron chi connectivity index (χ2n) is 7.55. The Hall–Kier alpha value is -2.42. The molecule has 1 aromatic heterocycles. The van der Waals surface area contributed by atoms with Crippen molar-refractivity contribution in [2.45, 2.75) is 71.6 Å². The van der Waals surface area contributed by atoms with Crippen LogP contribution in [-0.4, -0.2) is 10.1 Å². The number of nitrogens with zero attached hydrogens (tertiary/aromatic N) is 2. The fourth-order valence-electron chi connectivity index (χ4n) is 3.47. The van der Waals surface area contributed by atoms with Gasteiger partial charge < -0.3 is 4.52 Å². The number of aryl methyl sites for hydroxylation is 2. The normalized spacial score (nSPS) is 11.1. The molecule has 0 unspecified atom stereocenters. The van der Waals surface area contributed by atoms with Gasteiger partial charge in [-0.25, -0.2) is 0 Å². The molecule has 0 amide bonds. The zero-order chi connectivity index (χ0) is 19.6. The lowest BCUT2D eigenvalue weighted by Crippen LogP contribution is -1.87. The molecule has 0 saturated heterocycles. The van der Waals surface area contributed by atoms with E-state index in [0.717, 1.165) is 18.4 Å². The highest BCUT2D eigenvalue weighted by Gasteiger charge is 2.08. The minimum absolute atomic E-state index is 0.671. The van der Waals surface area contributed by atoms with Gasteiger partial charge in [-0.05, 0) is 36.0 Å². The monoisotopic (exact) mass is 376 g/mol. The second-order valence-corrected chi connectivity index (χ2v) is 7.55. The van der Waals surface area contributed by atoms with Gasteiger partial charge in [-0.2, -0.15) is 4.98 Å². The molecule has 0 fully saturated rings. The third-order valence-electron chi connectivity index (χ3n) is 5.18. The molecular weight excluding hydrogens is 344 g/mol. The van der Waals surface area contributed by atoms with Crippen LogP contribution in [0.1, 0.15) is 70.2 Å². The lowest BCUT2D eigenvalue weighted by molar-refractivity contribution is 0.378. The maximum Gasteiger partial charge on any atom is 0.226 e. The molecular formula is C25H32N2O. The first-order valence-corrected chi connectivity index (χ1v) is 10.8. The van der Waals surface area contributed by atoms with Crippen LogP contribution in [0.4, 0.5) is 0 Å². The molecule has 3 nitrogen and oxygen atoms in total. The van der Waals surface area contributed by atoms with Crippen LogP contribution in [0, 0.1) is 0 Å². The first-order valence-electron chi connectivity index (χ1n) is 10.8. The van der Waals surface area contributed by atoms with E-state index in [2.05, 4.69) is 72.5 Å². The predicted molar refractivity (Wildman–Crippen MR) is 116 cm³/mol. The molecule has 28 heavy (non-hydrogen) atoms. The van der Waals surface area contributed by atoms with Crippen molar-refractivity contribution in [2.75, 3.05) is 0 Å². The van der Waals surface area contributed by atoms with Gasteiger partial charge in [0.1, 0.15) is 0 Å². The van der Waals surface area contributed by atoms with Crippen LogP contribution in [0.15, 0.2) is 53.1 Å². The Morgan fingerprint density at radius 1 is 0.643 bits per heavy atom. The molecule has 3 rings (SSSR count). The van der Waals surface area contributed by atoms with E-state index in [1.165, 1.54) is 61.6 Å². The topological polar surface area (TPSA) is 38.9 Å². The molecule has 0 atom stereocenters. The van der Waals surface area contributed by atoms with Crippen molar-refractivity contribution in [3.05, 3.63) is 60.0 Å². The Morgan fingerprint density at radius 3 is 1.93 bits per heavy atom. The molecule has 0 saturated carbocycles. The van der Waals surface area contributed by atoms with Gasteiger partial charge in [0.2, 0.25) is 11.7 Å². The Kier molecular flexibility index (Phi) is 7.83. The SMILES string of the molecule is CCCCCCCCc1ccc(-c2ccc(-c3noc(CCC)n3)cc2)cc1. The van der Waals surface area contributed by atoms with Gasteiger partial charge >= 0.3 is 0 Å². The Labute approximate surface area is 169 Å². The molecule has 0 radical (unpaired) electrons. The zero-order valence-corrected chi connectivity index (χ0v) is 17.3. The van der Waals surface area contributed by atoms with Crippen LogP contribution in [-0.2, 0) is 12.8 Å². The van der Waals surface area contributed by atoms with Crippen molar-refractivity contribution in [1.82, 2.24) is 10.1 Å². The van der Waals surface area contributed by atoms with Gasteiger partial charge in [-0.15, -0.1) is 0 Å². The van der Waals surface area contributed by atoms with E-state index in [0.29, 0.717) is 11.7 Å². The van der Waals surface area contributed by atoms with Gasteiger partial charge in [0.05, 0.1) is 0 Å². The van der Waals surface area contributed by atoms with Crippen LogP contribution >= 0.6 is 0 Å². The number of rotatable bonds is 11. The molecule has 0 aliphatic heterocycles. The summed E-state index contributed by atoms with van der Waals surface area (Å²) in [5.41, 5.74) is 4.89. The van der Waals surface area contributed by atoms with E-state index in [1.54, 1.807) is 0 Å². The lowest BCUT2D eigenvalue weighted by Gasteiger charge is -2.06. The van der Waals surface area contributed by atoms with Crippen molar-refractivity contribution >= 4 is 0 Å². The van der Waals surface area contributed by atoms with Gasteiger partial charge in [-0.1, -0.05) is 99.6 Å². The van der Waals surface area contributed by atoms with Gasteiger partial charge in [0.15, 0.2) is 0 Å². The van der Waals surface area contributed by atoms with Crippen LogP contribution in [0.5, 0.6) is 0 Å². The summed E-state index contributed by atoms with van der Waals surface area (Å²) in [5.74, 6) is 1.38. The van der Waals surface area contributed by atoms with Crippen LogP contribution in [0.3, 0.4) is 0 Å². The van der Waals surface area contributed by atoms with Gasteiger partial charge in [-0.3, -0.25) is 0 Å². The standard InChI is InChI=1S/C25H32N2O/c1-3-5-6-7-8-9-11-20-12-14-21(15-13-20)22-16-18-23(19-17-22)25-26-24(10-4-2)28-27-25/h12-19H,3-11H2,1-2H3. The van der Waals surface area contributed by atoms with E-state index in [9.17, 15) is 0 Å². The van der Waals surface area contributed by atoms with Crippen LogP contribution < -0.4 is 0 Å². The van der Waals surface area contributed by atoms with Crippen molar-refractivity contribution in [3.63, 3.8) is 0 Å². The summed E-state index contributed by atoms with van der Waals surface area (Å²) in [6.07, 6.45) is 11.1. The highest BCUT2D eigenvalue weighted by atomic mass is 16.5. The summed E-state index contributed by atoms with van der Waals surface area (Å²) >= 11 is 0. The summed E-state index contributed by atoms with van der Waals surface area (Å²) in [5, 5.41) is 4.08. The summed E-state index contributed by atoms with van der Waals surface area (Å²) in [6, 6.07) is 17.4. The fraction of sp³-hybridized carbons (Fsp3) is 0.440. The predicted octanol–water partition coefficient (Wildman–Crippen LogP) is 7.26. The minimum Gasteiger partial charge on any atom is -0.339 e. The number of unbranched alkanes of at least 4 members (excludes halogenated alkanes) is 5. The maximum atomic E-state index is 5.29. The molecule has 148 valence electrons. The molecule has 0 N–H and O–H groups in total. The third kappa shape index (κ3) is 5.79. The summed E-state index contributed by atoms with van der Waals surface area (Å²) < 4.78 is 5.29. The highest BCUT2D eigenvalue weighted by Crippen LogP contribution is 2.24. The van der Waals surface area contributed by atoms with Crippen LogP contribution in [0.2, 0.25) is 0 Å².